The highest BCUT2D eigenvalue weighted by Crippen LogP contribution is 2.13. The Morgan fingerprint density at radius 1 is 1.69 bits per heavy atom. The van der Waals surface area contributed by atoms with Crippen molar-refractivity contribution in [2.45, 2.75) is 38.8 Å². The molecule has 0 aliphatic rings. The highest BCUT2D eigenvalue weighted by Gasteiger charge is 2.31. The van der Waals surface area contributed by atoms with Gasteiger partial charge in [0.05, 0.1) is 6.54 Å². The van der Waals surface area contributed by atoms with Crippen molar-refractivity contribution in [2.75, 3.05) is 0 Å². The first-order chi connectivity index (χ1) is 7.49. The van der Waals surface area contributed by atoms with Crippen molar-refractivity contribution in [2.24, 2.45) is 7.05 Å². The molecule has 2 N–H and O–H groups in total. The van der Waals surface area contributed by atoms with E-state index in [1.54, 1.807) is 17.8 Å². The van der Waals surface area contributed by atoms with Crippen molar-refractivity contribution in [1.82, 2.24) is 20.1 Å². The Morgan fingerprint density at radius 2 is 2.38 bits per heavy atom. The summed E-state index contributed by atoms with van der Waals surface area (Å²) in [7, 11) is 1.83. The molecule has 90 valence electrons. The van der Waals surface area contributed by atoms with Crippen LogP contribution in [-0.4, -0.2) is 31.4 Å². The first kappa shape index (κ1) is 12.6. The molecule has 1 heterocycles. The minimum absolute atomic E-state index is 0.402. The van der Waals surface area contributed by atoms with E-state index in [1.807, 2.05) is 14.0 Å². The third-order valence-corrected chi connectivity index (χ3v) is 2.66. The Hall–Kier alpha value is -1.43. The van der Waals surface area contributed by atoms with Gasteiger partial charge in [-0.15, -0.1) is 10.2 Å². The number of hydrogen-bond donors (Lipinski definition) is 2. The van der Waals surface area contributed by atoms with Gasteiger partial charge in [0.2, 0.25) is 0 Å². The minimum atomic E-state index is -0.902. The number of carbonyl (C=O) groups is 1. The van der Waals surface area contributed by atoms with Gasteiger partial charge >= 0.3 is 5.97 Å². The molecule has 0 fully saturated rings. The molecule has 1 atom stereocenters. The summed E-state index contributed by atoms with van der Waals surface area (Å²) in [5, 5.41) is 19.8. The van der Waals surface area contributed by atoms with Crippen molar-refractivity contribution in [3.63, 3.8) is 0 Å². The summed E-state index contributed by atoms with van der Waals surface area (Å²) in [5.41, 5.74) is -0.902. The van der Waals surface area contributed by atoms with Gasteiger partial charge in [-0.2, -0.15) is 0 Å². The van der Waals surface area contributed by atoms with E-state index < -0.39 is 11.5 Å². The van der Waals surface area contributed by atoms with E-state index in [0.29, 0.717) is 13.0 Å². The molecule has 0 saturated carbocycles. The Kier molecular flexibility index (Phi) is 4.00. The van der Waals surface area contributed by atoms with E-state index >= 15 is 0 Å². The van der Waals surface area contributed by atoms with Crippen LogP contribution in [0.25, 0.3) is 0 Å². The number of carboxylic acids is 1. The second kappa shape index (κ2) is 5.07. The fourth-order valence-electron chi connectivity index (χ4n) is 1.51. The van der Waals surface area contributed by atoms with Crippen molar-refractivity contribution >= 4 is 5.97 Å². The van der Waals surface area contributed by atoms with E-state index in [2.05, 4.69) is 15.5 Å². The van der Waals surface area contributed by atoms with Crippen LogP contribution in [0.4, 0.5) is 0 Å². The summed E-state index contributed by atoms with van der Waals surface area (Å²) in [5.74, 6) is -0.111. The first-order valence-electron chi connectivity index (χ1n) is 5.31. The lowest BCUT2D eigenvalue weighted by Crippen LogP contribution is -2.49. The van der Waals surface area contributed by atoms with E-state index in [1.165, 1.54) is 0 Å². The van der Waals surface area contributed by atoms with Crippen LogP contribution < -0.4 is 5.32 Å². The average molecular weight is 226 g/mol. The van der Waals surface area contributed by atoms with E-state index in [9.17, 15) is 4.79 Å². The lowest BCUT2D eigenvalue weighted by atomic mass is 9.96. The number of aryl methyl sites for hydroxylation is 1. The van der Waals surface area contributed by atoms with Gasteiger partial charge in [0, 0.05) is 7.05 Å². The van der Waals surface area contributed by atoms with Gasteiger partial charge in [-0.3, -0.25) is 10.1 Å². The standard InChI is InChI=1S/C10H18N4O2/c1-4-5-10(2,9(15)16)11-6-8-13-12-7-14(8)3/h7,11H,4-6H2,1-3H3,(H,15,16). The largest absolute Gasteiger partial charge is 0.480 e. The molecule has 6 heteroatoms. The van der Waals surface area contributed by atoms with E-state index in [0.717, 1.165) is 12.2 Å². The van der Waals surface area contributed by atoms with E-state index in [4.69, 9.17) is 5.11 Å². The molecule has 0 amide bonds. The second-order valence-electron chi connectivity index (χ2n) is 4.10. The fourth-order valence-corrected chi connectivity index (χ4v) is 1.51. The third-order valence-electron chi connectivity index (χ3n) is 2.66. The normalized spacial score (nSPS) is 14.7. The molecule has 0 bridgehead atoms. The molecule has 16 heavy (non-hydrogen) atoms. The van der Waals surface area contributed by atoms with Gasteiger partial charge in [0.1, 0.15) is 17.7 Å². The van der Waals surface area contributed by atoms with Crippen LogP contribution in [0.2, 0.25) is 0 Å². The number of aromatic nitrogens is 3. The number of nitrogens with one attached hydrogen (secondary N) is 1. The Morgan fingerprint density at radius 3 is 2.81 bits per heavy atom. The molecule has 0 saturated heterocycles. The zero-order valence-electron chi connectivity index (χ0n) is 9.90. The van der Waals surface area contributed by atoms with Gasteiger partial charge in [0.25, 0.3) is 0 Å². The summed E-state index contributed by atoms with van der Waals surface area (Å²) in [4.78, 5) is 11.2. The van der Waals surface area contributed by atoms with Gasteiger partial charge in [0.15, 0.2) is 0 Å². The van der Waals surface area contributed by atoms with Crippen LogP contribution in [0.5, 0.6) is 0 Å². The number of hydrogen-bond acceptors (Lipinski definition) is 4. The summed E-state index contributed by atoms with van der Waals surface area (Å²) < 4.78 is 1.77. The predicted molar refractivity (Wildman–Crippen MR) is 58.8 cm³/mol. The number of aliphatic carboxylic acids is 1. The zero-order chi connectivity index (χ0) is 12.2. The van der Waals surface area contributed by atoms with Crippen LogP contribution in [0.1, 0.15) is 32.5 Å². The molecule has 0 aliphatic heterocycles. The van der Waals surface area contributed by atoms with Crippen molar-refractivity contribution in [1.29, 1.82) is 0 Å². The molecule has 0 aromatic carbocycles. The molecule has 0 spiro atoms. The summed E-state index contributed by atoms with van der Waals surface area (Å²) in [6, 6.07) is 0. The monoisotopic (exact) mass is 226 g/mol. The number of rotatable bonds is 6. The smallest absolute Gasteiger partial charge is 0.323 e. The molecule has 1 rings (SSSR count). The van der Waals surface area contributed by atoms with Crippen molar-refractivity contribution in [3.8, 4) is 0 Å². The molecular formula is C10H18N4O2. The van der Waals surface area contributed by atoms with Crippen LogP contribution in [0, 0.1) is 0 Å². The maximum absolute atomic E-state index is 11.2. The molecular weight excluding hydrogens is 208 g/mol. The quantitative estimate of drug-likeness (QED) is 0.740. The lowest BCUT2D eigenvalue weighted by molar-refractivity contribution is -0.144. The summed E-state index contributed by atoms with van der Waals surface area (Å²) >= 11 is 0. The number of carboxylic acid groups (broad SMARTS) is 1. The van der Waals surface area contributed by atoms with Gasteiger partial charge in [-0.1, -0.05) is 13.3 Å². The summed E-state index contributed by atoms with van der Waals surface area (Å²) in [6.07, 6.45) is 2.99. The maximum Gasteiger partial charge on any atom is 0.323 e. The van der Waals surface area contributed by atoms with Crippen molar-refractivity contribution < 1.29 is 9.90 Å². The van der Waals surface area contributed by atoms with Gasteiger partial charge in [-0.05, 0) is 13.3 Å². The summed E-state index contributed by atoms with van der Waals surface area (Å²) in [6.45, 7) is 4.06. The van der Waals surface area contributed by atoms with Gasteiger partial charge in [-0.25, -0.2) is 0 Å². The lowest BCUT2D eigenvalue weighted by Gasteiger charge is -2.25. The van der Waals surface area contributed by atoms with Crippen LogP contribution in [-0.2, 0) is 18.4 Å². The highest BCUT2D eigenvalue weighted by atomic mass is 16.4. The van der Waals surface area contributed by atoms with Crippen LogP contribution in [0.15, 0.2) is 6.33 Å². The molecule has 1 aromatic heterocycles. The highest BCUT2D eigenvalue weighted by molar-refractivity contribution is 5.78. The predicted octanol–water partition coefficient (Wildman–Crippen LogP) is 0.548. The van der Waals surface area contributed by atoms with E-state index in [-0.39, 0.29) is 0 Å². The molecule has 1 aromatic rings. The number of nitrogens with zero attached hydrogens (tertiary/aromatic N) is 3. The SMILES string of the molecule is CCCC(C)(NCc1nncn1C)C(=O)O. The Bertz CT molecular complexity index is 363. The minimum Gasteiger partial charge on any atom is -0.480 e. The first-order valence-corrected chi connectivity index (χ1v) is 5.31. The molecule has 0 radical (unpaired) electrons. The average Bonchev–Trinajstić information content (AvgIpc) is 2.61. The van der Waals surface area contributed by atoms with Gasteiger partial charge < -0.3 is 9.67 Å². The van der Waals surface area contributed by atoms with Crippen molar-refractivity contribution in [3.05, 3.63) is 12.2 Å². The van der Waals surface area contributed by atoms with Crippen LogP contribution in [0.3, 0.4) is 0 Å². The molecule has 0 aliphatic carbocycles. The topological polar surface area (TPSA) is 80.0 Å². The third kappa shape index (κ3) is 2.79. The molecule has 1 unspecified atom stereocenters. The molecule has 6 nitrogen and oxygen atoms in total. The van der Waals surface area contributed by atoms with Crippen LogP contribution >= 0.6 is 0 Å². The Balaban J connectivity index is 2.64. The second-order valence-corrected chi connectivity index (χ2v) is 4.10. The maximum atomic E-state index is 11.2. The Labute approximate surface area is 94.7 Å². The zero-order valence-corrected chi connectivity index (χ0v) is 9.90. The fraction of sp³-hybridized carbons (Fsp3) is 0.700.